The van der Waals surface area contributed by atoms with E-state index in [1.807, 2.05) is 0 Å². The molecule has 1 aliphatic heterocycles. The molecule has 0 aromatic heterocycles. The summed E-state index contributed by atoms with van der Waals surface area (Å²) in [6.45, 7) is 9.24. The van der Waals surface area contributed by atoms with Gasteiger partial charge in [0.15, 0.2) is 12.4 Å². The molecule has 0 unspecified atom stereocenters. The summed E-state index contributed by atoms with van der Waals surface area (Å²) < 4.78 is 17.5. The van der Waals surface area contributed by atoms with Gasteiger partial charge in [-0.05, 0) is 54.9 Å². The highest BCUT2D eigenvalue weighted by Gasteiger charge is 2.70. The Hall–Kier alpha value is -1.36. The van der Waals surface area contributed by atoms with Gasteiger partial charge < -0.3 is 34.6 Å². The summed E-state index contributed by atoms with van der Waals surface area (Å²) in [4.78, 5) is 25.8. The summed E-state index contributed by atoms with van der Waals surface area (Å²) in [5, 5.41) is 42.2. The molecule has 0 aromatic rings. The van der Waals surface area contributed by atoms with Crippen molar-refractivity contribution in [2.75, 3.05) is 13.2 Å². The number of ether oxygens (including phenoxy) is 3. The van der Waals surface area contributed by atoms with E-state index in [9.17, 15) is 30.0 Å². The first kappa shape index (κ1) is 27.2. The standard InChI is InChI=1S/C28H42O9/c1-14-16-6-7-19-27(13-35-25-22(36-15(2)30)21(33)20(32)18(12-29)37-25)9-5-8-26(3,4)23(27)17(31)11-28(19,10-16)24(14)34/h16,18-25,29,32-34H,1,5-13H2,2-4H3/t16-,18-,19+,20-,21+,22-,23-,24-,25-,27-,28+/m1/s1. The molecule has 5 fully saturated rings. The smallest absolute Gasteiger partial charge is 0.303 e. The van der Waals surface area contributed by atoms with Crippen molar-refractivity contribution in [1.29, 1.82) is 0 Å². The molecule has 4 aliphatic carbocycles. The largest absolute Gasteiger partial charge is 0.454 e. The SMILES string of the molecule is C=C1[C@@H]2CC[C@@H]3[C@@](CC(=O)[C@@H]4C(C)(C)CCC[C@@]34CO[C@@H]3O[C@H](CO)[C@@H](O)[C@H](O)[C@H]3OC(C)=O)(C2)[C@@H]1O. The zero-order chi connectivity index (χ0) is 26.9. The van der Waals surface area contributed by atoms with Gasteiger partial charge in [0.05, 0.1) is 19.3 Å². The molecule has 0 aromatic carbocycles. The number of fused-ring (bicyclic) bond motifs is 3. The summed E-state index contributed by atoms with van der Waals surface area (Å²) in [6.07, 6.45) is -1.87. The Kier molecular flexibility index (Phi) is 6.90. The van der Waals surface area contributed by atoms with E-state index in [0.29, 0.717) is 6.42 Å². The van der Waals surface area contributed by atoms with Crippen LogP contribution in [0.2, 0.25) is 0 Å². The third kappa shape index (κ3) is 4.03. The second-order valence-corrected chi connectivity index (χ2v) is 13.0. The van der Waals surface area contributed by atoms with Crippen LogP contribution in [0.4, 0.5) is 0 Å². The van der Waals surface area contributed by atoms with Gasteiger partial charge in [-0.2, -0.15) is 0 Å². The first-order valence-corrected chi connectivity index (χ1v) is 13.7. The molecule has 4 N–H and O–H groups in total. The number of aliphatic hydroxyl groups excluding tert-OH is 4. The van der Waals surface area contributed by atoms with Crippen LogP contribution in [0.1, 0.15) is 65.7 Å². The molecule has 1 heterocycles. The minimum Gasteiger partial charge on any atom is -0.454 e. The lowest BCUT2D eigenvalue weighted by molar-refractivity contribution is -0.316. The molecular formula is C28H42O9. The van der Waals surface area contributed by atoms with Crippen molar-refractivity contribution in [1.82, 2.24) is 0 Å². The van der Waals surface area contributed by atoms with Crippen molar-refractivity contribution < 1.29 is 44.2 Å². The van der Waals surface area contributed by atoms with Crippen LogP contribution in [-0.4, -0.2) is 82.2 Å². The highest BCUT2D eigenvalue weighted by atomic mass is 16.7. The number of carbonyl (C=O) groups is 2. The lowest BCUT2D eigenvalue weighted by Crippen LogP contribution is -2.65. The van der Waals surface area contributed by atoms with Gasteiger partial charge in [-0.15, -0.1) is 0 Å². The fourth-order valence-electron chi connectivity index (χ4n) is 9.22. The Morgan fingerprint density at radius 1 is 1.16 bits per heavy atom. The molecule has 1 saturated heterocycles. The average molecular weight is 523 g/mol. The second-order valence-electron chi connectivity index (χ2n) is 13.0. The predicted molar refractivity (Wildman–Crippen MR) is 131 cm³/mol. The molecule has 5 rings (SSSR count). The van der Waals surface area contributed by atoms with Crippen LogP contribution >= 0.6 is 0 Å². The molecule has 11 atom stereocenters. The normalized spacial score (nSPS) is 48.8. The van der Waals surface area contributed by atoms with Crippen LogP contribution in [0.25, 0.3) is 0 Å². The molecule has 37 heavy (non-hydrogen) atoms. The van der Waals surface area contributed by atoms with Crippen molar-refractivity contribution in [3.05, 3.63) is 12.2 Å². The minimum absolute atomic E-state index is 0.0349. The van der Waals surface area contributed by atoms with Gasteiger partial charge >= 0.3 is 5.97 Å². The number of rotatable bonds is 5. The van der Waals surface area contributed by atoms with E-state index < -0.39 is 60.2 Å². The third-order valence-electron chi connectivity index (χ3n) is 10.5. The van der Waals surface area contributed by atoms with Crippen molar-refractivity contribution in [2.24, 2.45) is 34.0 Å². The van der Waals surface area contributed by atoms with E-state index in [1.165, 1.54) is 6.92 Å². The van der Waals surface area contributed by atoms with Gasteiger partial charge in [0.1, 0.15) is 24.1 Å². The van der Waals surface area contributed by atoms with Crippen molar-refractivity contribution in [3.63, 3.8) is 0 Å². The molecule has 208 valence electrons. The van der Waals surface area contributed by atoms with Gasteiger partial charge in [-0.1, -0.05) is 26.8 Å². The highest BCUT2D eigenvalue weighted by Crippen LogP contribution is 2.71. The Morgan fingerprint density at radius 2 is 1.89 bits per heavy atom. The summed E-state index contributed by atoms with van der Waals surface area (Å²) in [5.74, 6) is -0.524. The van der Waals surface area contributed by atoms with E-state index >= 15 is 0 Å². The van der Waals surface area contributed by atoms with E-state index in [2.05, 4.69) is 20.4 Å². The molecule has 1 spiro atoms. The molecule has 2 bridgehead atoms. The minimum atomic E-state index is -1.51. The van der Waals surface area contributed by atoms with E-state index in [1.54, 1.807) is 0 Å². The second kappa shape index (κ2) is 9.38. The van der Waals surface area contributed by atoms with Crippen molar-refractivity contribution in [2.45, 2.75) is 103 Å². The molecule has 0 amide bonds. The maximum absolute atomic E-state index is 14.0. The average Bonchev–Trinajstić information content (AvgIpc) is 3.00. The van der Waals surface area contributed by atoms with Gasteiger partial charge in [0.2, 0.25) is 0 Å². The van der Waals surface area contributed by atoms with Crippen LogP contribution in [0, 0.1) is 34.0 Å². The Morgan fingerprint density at radius 3 is 2.57 bits per heavy atom. The van der Waals surface area contributed by atoms with Crippen LogP contribution in [0.15, 0.2) is 12.2 Å². The predicted octanol–water partition coefficient (Wildman–Crippen LogP) is 1.49. The van der Waals surface area contributed by atoms with Gasteiger partial charge in [0.25, 0.3) is 0 Å². The monoisotopic (exact) mass is 522 g/mol. The summed E-state index contributed by atoms with van der Waals surface area (Å²) in [6, 6.07) is 0. The molecule has 4 saturated carbocycles. The number of esters is 1. The Labute approximate surface area is 218 Å². The highest BCUT2D eigenvalue weighted by molar-refractivity contribution is 5.85. The van der Waals surface area contributed by atoms with Crippen molar-refractivity contribution in [3.8, 4) is 0 Å². The van der Waals surface area contributed by atoms with Gasteiger partial charge in [-0.25, -0.2) is 0 Å². The molecule has 5 aliphatic rings. The number of hydrogen-bond donors (Lipinski definition) is 4. The van der Waals surface area contributed by atoms with E-state index in [-0.39, 0.29) is 35.6 Å². The zero-order valence-electron chi connectivity index (χ0n) is 22.1. The quantitative estimate of drug-likeness (QED) is 0.312. The summed E-state index contributed by atoms with van der Waals surface area (Å²) in [7, 11) is 0. The number of hydrogen-bond acceptors (Lipinski definition) is 9. The topological polar surface area (TPSA) is 143 Å². The van der Waals surface area contributed by atoms with Crippen LogP contribution in [0.3, 0.4) is 0 Å². The lowest BCUT2D eigenvalue weighted by Gasteiger charge is -2.64. The Bertz CT molecular complexity index is 948. The fourth-order valence-corrected chi connectivity index (χ4v) is 9.22. The Balaban J connectivity index is 1.51. The third-order valence-corrected chi connectivity index (χ3v) is 10.5. The van der Waals surface area contributed by atoms with Crippen molar-refractivity contribution >= 4 is 11.8 Å². The maximum Gasteiger partial charge on any atom is 0.303 e. The first-order valence-electron chi connectivity index (χ1n) is 13.7. The number of carbonyl (C=O) groups excluding carboxylic acids is 2. The maximum atomic E-state index is 14.0. The fraction of sp³-hybridized carbons (Fsp3) is 0.857. The lowest BCUT2D eigenvalue weighted by atomic mass is 9.40. The van der Waals surface area contributed by atoms with Gasteiger partial charge in [-0.3, -0.25) is 9.59 Å². The van der Waals surface area contributed by atoms with E-state index in [4.69, 9.17) is 14.2 Å². The number of Topliss-reactive ketones (excluding diaryl/α,β-unsaturated/α-hetero) is 1. The number of aliphatic hydroxyl groups is 4. The molecule has 9 nitrogen and oxygen atoms in total. The first-order chi connectivity index (χ1) is 17.4. The van der Waals surface area contributed by atoms with E-state index in [0.717, 1.165) is 44.1 Å². The molecule has 9 heteroatoms. The zero-order valence-corrected chi connectivity index (χ0v) is 22.1. The van der Waals surface area contributed by atoms with Crippen LogP contribution in [0.5, 0.6) is 0 Å². The van der Waals surface area contributed by atoms with Crippen LogP contribution < -0.4 is 0 Å². The van der Waals surface area contributed by atoms with Gasteiger partial charge in [0, 0.05) is 30.1 Å². The molecule has 0 radical (unpaired) electrons. The summed E-state index contributed by atoms with van der Waals surface area (Å²) in [5.41, 5.74) is -0.554. The summed E-state index contributed by atoms with van der Waals surface area (Å²) >= 11 is 0. The number of ketones is 1. The molecular weight excluding hydrogens is 480 g/mol. The van der Waals surface area contributed by atoms with Crippen LogP contribution in [-0.2, 0) is 23.8 Å².